The van der Waals surface area contributed by atoms with Gasteiger partial charge in [0.25, 0.3) is 0 Å². The van der Waals surface area contributed by atoms with Crippen molar-refractivity contribution in [1.29, 1.82) is 0 Å². The largest absolute Gasteiger partial charge is 0.381 e. The highest BCUT2D eigenvalue weighted by atomic mass is 16.2. The quantitative estimate of drug-likeness (QED) is 0.790. The van der Waals surface area contributed by atoms with E-state index in [4.69, 9.17) is 5.73 Å². The zero-order valence-electron chi connectivity index (χ0n) is 12.3. The van der Waals surface area contributed by atoms with Crippen LogP contribution in [0.2, 0.25) is 0 Å². The summed E-state index contributed by atoms with van der Waals surface area (Å²) in [6.07, 6.45) is 0. The van der Waals surface area contributed by atoms with E-state index in [0.717, 1.165) is 12.2 Å². The van der Waals surface area contributed by atoms with E-state index in [1.165, 1.54) is 11.3 Å². The highest BCUT2D eigenvalue weighted by Gasteiger charge is 1.98. The van der Waals surface area contributed by atoms with Gasteiger partial charge >= 0.3 is 6.03 Å². The van der Waals surface area contributed by atoms with E-state index < -0.39 is 6.03 Å². The molecule has 0 aliphatic heterocycles. The van der Waals surface area contributed by atoms with Gasteiger partial charge in [0.05, 0.1) is 0 Å². The van der Waals surface area contributed by atoms with Crippen molar-refractivity contribution in [1.82, 2.24) is 0 Å². The number of nitrogens with zero attached hydrogens (tertiary/aromatic N) is 1. The first-order valence-corrected chi connectivity index (χ1v) is 6.71. The van der Waals surface area contributed by atoms with Gasteiger partial charge < -0.3 is 21.3 Å². The predicted molar refractivity (Wildman–Crippen MR) is 87.7 cm³/mol. The lowest BCUT2D eigenvalue weighted by atomic mass is 10.2. The van der Waals surface area contributed by atoms with Crippen LogP contribution >= 0.6 is 0 Å². The molecular formula is C16H20N4O. The third-order valence-electron chi connectivity index (χ3n) is 3.10. The van der Waals surface area contributed by atoms with Crippen molar-refractivity contribution in [3.63, 3.8) is 0 Å². The van der Waals surface area contributed by atoms with Gasteiger partial charge in [-0.1, -0.05) is 12.1 Å². The number of carbonyl (C=O) groups excluding carboxylic acids is 1. The zero-order chi connectivity index (χ0) is 15.2. The Morgan fingerprint density at radius 3 is 2.10 bits per heavy atom. The van der Waals surface area contributed by atoms with Crippen molar-refractivity contribution in [2.75, 3.05) is 29.6 Å². The molecule has 110 valence electrons. The van der Waals surface area contributed by atoms with Crippen LogP contribution < -0.4 is 21.3 Å². The summed E-state index contributed by atoms with van der Waals surface area (Å²) in [5.41, 5.74) is 9.12. The van der Waals surface area contributed by atoms with Gasteiger partial charge in [0.15, 0.2) is 0 Å². The van der Waals surface area contributed by atoms with Crippen molar-refractivity contribution in [2.45, 2.75) is 6.54 Å². The summed E-state index contributed by atoms with van der Waals surface area (Å²) in [6.45, 7) is 0.746. The van der Waals surface area contributed by atoms with Crippen LogP contribution in [0.15, 0.2) is 48.5 Å². The number of carbonyl (C=O) groups is 1. The average Bonchev–Trinajstić information content (AvgIpc) is 2.46. The normalized spacial score (nSPS) is 10.0. The molecule has 5 nitrogen and oxygen atoms in total. The fraction of sp³-hybridized carbons (Fsp3) is 0.188. The van der Waals surface area contributed by atoms with E-state index in [1.807, 2.05) is 38.4 Å². The smallest absolute Gasteiger partial charge is 0.316 e. The first-order chi connectivity index (χ1) is 10.0. The van der Waals surface area contributed by atoms with Crippen LogP contribution in [-0.2, 0) is 6.54 Å². The Balaban J connectivity index is 1.91. The second kappa shape index (κ2) is 6.65. The standard InChI is InChI=1S/C16H20N4O/c1-20(2)15-9-3-12(4-10-15)11-18-13-5-7-14(8-6-13)19-16(17)21/h3-10,18H,11H2,1-2H3,(H3,17,19,21). The molecule has 0 aliphatic carbocycles. The second-order valence-corrected chi connectivity index (χ2v) is 4.98. The van der Waals surface area contributed by atoms with E-state index in [2.05, 4.69) is 39.8 Å². The van der Waals surface area contributed by atoms with Crippen LogP contribution in [-0.4, -0.2) is 20.1 Å². The maximum Gasteiger partial charge on any atom is 0.316 e. The molecule has 0 spiro atoms. The van der Waals surface area contributed by atoms with Gasteiger partial charge in [-0.05, 0) is 42.0 Å². The van der Waals surface area contributed by atoms with E-state index >= 15 is 0 Å². The highest BCUT2D eigenvalue weighted by molar-refractivity contribution is 5.87. The summed E-state index contributed by atoms with van der Waals surface area (Å²) < 4.78 is 0. The average molecular weight is 284 g/mol. The number of anilines is 3. The van der Waals surface area contributed by atoms with Gasteiger partial charge in [-0.25, -0.2) is 4.79 Å². The van der Waals surface area contributed by atoms with E-state index in [0.29, 0.717) is 5.69 Å². The zero-order valence-corrected chi connectivity index (χ0v) is 12.3. The minimum atomic E-state index is -0.559. The number of nitrogens with one attached hydrogen (secondary N) is 2. The maximum absolute atomic E-state index is 10.7. The SMILES string of the molecule is CN(C)c1ccc(CNc2ccc(NC(N)=O)cc2)cc1. The summed E-state index contributed by atoms with van der Waals surface area (Å²) in [6, 6.07) is 15.3. The lowest BCUT2D eigenvalue weighted by molar-refractivity contribution is 0.259. The van der Waals surface area contributed by atoms with Crippen molar-refractivity contribution >= 4 is 23.1 Å². The van der Waals surface area contributed by atoms with Crippen LogP contribution in [0.3, 0.4) is 0 Å². The number of hydrogen-bond donors (Lipinski definition) is 3. The molecule has 2 aromatic carbocycles. The monoisotopic (exact) mass is 284 g/mol. The minimum absolute atomic E-state index is 0.559. The summed E-state index contributed by atoms with van der Waals surface area (Å²) in [4.78, 5) is 12.8. The topological polar surface area (TPSA) is 70.4 Å². The molecule has 2 amide bonds. The van der Waals surface area contributed by atoms with Gasteiger partial charge in [-0.2, -0.15) is 0 Å². The first kappa shape index (κ1) is 14.7. The van der Waals surface area contributed by atoms with Crippen molar-refractivity contribution in [2.24, 2.45) is 5.73 Å². The molecule has 0 fully saturated rings. The number of amides is 2. The molecule has 0 atom stereocenters. The second-order valence-electron chi connectivity index (χ2n) is 4.98. The predicted octanol–water partition coefficient (Wildman–Crippen LogP) is 2.86. The molecule has 0 heterocycles. The van der Waals surface area contributed by atoms with Gasteiger partial charge in [-0.3, -0.25) is 0 Å². The molecule has 0 aromatic heterocycles. The minimum Gasteiger partial charge on any atom is -0.381 e. The molecule has 0 bridgehead atoms. The Kier molecular flexibility index (Phi) is 4.66. The number of primary amides is 1. The molecule has 0 unspecified atom stereocenters. The molecular weight excluding hydrogens is 264 g/mol. The molecule has 4 N–H and O–H groups in total. The Bertz CT molecular complexity index is 591. The number of hydrogen-bond acceptors (Lipinski definition) is 3. The summed E-state index contributed by atoms with van der Waals surface area (Å²) >= 11 is 0. The molecule has 0 radical (unpaired) electrons. The lowest BCUT2D eigenvalue weighted by Crippen LogP contribution is -2.19. The fourth-order valence-corrected chi connectivity index (χ4v) is 1.93. The van der Waals surface area contributed by atoms with Gasteiger partial charge in [0.2, 0.25) is 0 Å². The summed E-state index contributed by atoms with van der Waals surface area (Å²) in [5, 5.41) is 5.86. The van der Waals surface area contributed by atoms with Crippen LogP contribution in [0.5, 0.6) is 0 Å². The fourth-order valence-electron chi connectivity index (χ4n) is 1.93. The summed E-state index contributed by atoms with van der Waals surface area (Å²) in [5.74, 6) is 0. The van der Waals surface area contributed by atoms with Gasteiger partial charge in [0, 0.05) is 37.7 Å². The molecule has 21 heavy (non-hydrogen) atoms. The molecule has 0 saturated carbocycles. The van der Waals surface area contributed by atoms with Crippen molar-refractivity contribution in [3.05, 3.63) is 54.1 Å². The van der Waals surface area contributed by atoms with E-state index in [-0.39, 0.29) is 0 Å². The van der Waals surface area contributed by atoms with Crippen LogP contribution in [0.4, 0.5) is 21.9 Å². The molecule has 0 saturated heterocycles. The van der Waals surface area contributed by atoms with Gasteiger partial charge in [-0.15, -0.1) is 0 Å². The molecule has 0 aliphatic rings. The maximum atomic E-state index is 10.7. The summed E-state index contributed by atoms with van der Waals surface area (Å²) in [7, 11) is 4.05. The van der Waals surface area contributed by atoms with Crippen molar-refractivity contribution in [3.8, 4) is 0 Å². The van der Waals surface area contributed by atoms with Crippen LogP contribution in [0, 0.1) is 0 Å². The Labute approximate surface area is 124 Å². The lowest BCUT2D eigenvalue weighted by Gasteiger charge is -2.13. The number of nitrogens with two attached hydrogens (primary N) is 1. The van der Waals surface area contributed by atoms with Crippen LogP contribution in [0.25, 0.3) is 0 Å². The molecule has 2 rings (SSSR count). The Hall–Kier alpha value is -2.69. The third-order valence-corrected chi connectivity index (χ3v) is 3.10. The third kappa shape index (κ3) is 4.42. The van der Waals surface area contributed by atoms with Crippen molar-refractivity contribution < 1.29 is 4.79 Å². The highest BCUT2D eigenvalue weighted by Crippen LogP contribution is 2.16. The number of benzene rings is 2. The Morgan fingerprint density at radius 1 is 1.00 bits per heavy atom. The van der Waals surface area contributed by atoms with Crippen LogP contribution in [0.1, 0.15) is 5.56 Å². The molecule has 5 heteroatoms. The molecule has 2 aromatic rings. The first-order valence-electron chi connectivity index (χ1n) is 6.71. The number of urea groups is 1. The Morgan fingerprint density at radius 2 is 1.57 bits per heavy atom. The number of rotatable bonds is 5. The van der Waals surface area contributed by atoms with E-state index in [1.54, 1.807) is 0 Å². The van der Waals surface area contributed by atoms with Gasteiger partial charge in [0.1, 0.15) is 0 Å². The van der Waals surface area contributed by atoms with E-state index in [9.17, 15) is 4.79 Å².